The maximum absolute atomic E-state index is 6.16. The Morgan fingerprint density at radius 1 is 1.15 bits per heavy atom. The van der Waals surface area contributed by atoms with Crippen LogP contribution in [-0.4, -0.2) is 0 Å². The highest BCUT2D eigenvalue weighted by molar-refractivity contribution is 9.10. The zero-order valence-electron chi connectivity index (χ0n) is 10.9. The second kappa shape index (κ2) is 5.51. The fourth-order valence-corrected chi connectivity index (χ4v) is 2.70. The minimum atomic E-state index is 0.0427. The maximum atomic E-state index is 6.16. The van der Waals surface area contributed by atoms with Crippen LogP contribution in [0.25, 0.3) is 11.0 Å². The van der Waals surface area contributed by atoms with Gasteiger partial charge in [0.2, 0.25) is 0 Å². The summed E-state index contributed by atoms with van der Waals surface area (Å²) in [6.07, 6.45) is 0. The molecule has 3 rings (SSSR count). The van der Waals surface area contributed by atoms with Gasteiger partial charge < -0.3 is 9.73 Å². The van der Waals surface area contributed by atoms with Gasteiger partial charge in [-0.3, -0.25) is 0 Å². The molecule has 102 valence electrons. The predicted octanol–water partition coefficient (Wildman–Crippen LogP) is 6.02. The van der Waals surface area contributed by atoms with Crippen molar-refractivity contribution in [2.75, 3.05) is 5.32 Å². The zero-order valence-corrected chi connectivity index (χ0v) is 13.2. The molecule has 4 heteroatoms. The fraction of sp³-hybridized carbons (Fsp3) is 0.125. The lowest BCUT2D eigenvalue weighted by molar-refractivity contribution is 0.526. The number of benzene rings is 2. The van der Waals surface area contributed by atoms with Crippen molar-refractivity contribution >= 4 is 44.2 Å². The van der Waals surface area contributed by atoms with E-state index in [1.54, 1.807) is 0 Å². The van der Waals surface area contributed by atoms with Crippen LogP contribution in [0.4, 0.5) is 5.69 Å². The fourth-order valence-electron chi connectivity index (χ4n) is 2.13. The monoisotopic (exact) mass is 349 g/mol. The molecule has 1 aromatic heterocycles. The molecule has 1 unspecified atom stereocenters. The number of hydrogen-bond acceptors (Lipinski definition) is 2. The third kappa shape index (κ3) is 2.69. The Hall–Kier alpha value is -1.45. The van der Waals surface area contributed by atoms with E-state index >= 15 is 0 Å². The Morgan fingerprint density at radius 2 is 1.95 bits per heavy atom. The highest BCUT2D eigenvalue weighted by Gasteiger charge is 2.12. The first-order valence-corrected chi connectivity index (χ1v) is 7.50. The summed E-state index contributed by atoms with van der Waals surface area (Å²) in [5, 5.41) is 5.16. The number of para-hydroxylation sites is 1. The molecule has 0 saturated heterocycles. The van der Waals surface area contributed by atoms with Gasteiger partial charge >= 0.3 is 0 Å². The van der Waals surface area contributed by atoms with Crippen LogP contribution in [0.5, 0.6) is 0 Å². The van der Waals surface area contributed by atoms with Crippen LogP contribution in [0.1, 0.15) is 18.7 Å². The van der Waals surface area contributed by atoms with Crippen molar-refractivity contribution in [2.45, 2.75) is 13.0 Å². The van der Waals surface area contributed by atoms with E-state index in [-0.39, 0.29) is 6.04 Å². The summed E-state index contributed by atoms with van der Waals surface area (Å²) in [6.45, 7) is 2.05. The Labute approximate surface area is 130 Å². The normalized spacial score (nSPS) is 12.6. The van der Waals surface area contributed by atoms with Gasteiger partial charge in [0.25, 0.3) is 0 Å². The van der Waals surface area contributed by atoms with Crippen molar-refractivity contribution in [3.05, 3.63) is 63.8 Å². The van der Waals surface area contributed by atoms with Gasteiger partial charge in [0, 0.05) is 9.86 Å². The Bertz CT molecular complexity index is 753. The number of halogens is 2. The molecule has 20 heavy (non-hydrogen) atoms. The maximum Gasteiger partial charge on any atom is 0.134 e. The zero-order chi connectivity index (χ0) is 14.1. The van der Waals surface area contributed by atoms with E-state index < -0.39 is 0 Å². The van der Waals surface area contributed by atoms with Crippen molar-refractivity contribution in [2.24, 2.45) is 0 Å². The van der Waals surface area contributed by atoms with Crippen molar-refractivity contribution in [3.8, 4) is 0 Å². The molecular weight excluding hydrogens is 338 g/mol. The van der Waals surface area contributed by atoms with E-state index in [9.17, 15) is 0 Å². The number of nitrogens with one attached hydrogen (secondary N) is 1. The van der Waals surface area contributed by atoms with E-state index in [0.29, 0.717) is 5.02 Å². The van der Waals surface area contributed by atoms with E-state index in [0.717, 1.165) is 26.9 Å². The van der Waals surface area contributed by atoms with Gasteiger partial charge in [-0.2, -0.15) is 0 Å². The van der Waals surface area contributed by atoms with E-state index in [4.69, 9.17) is 16.0 Å². The number of furan rings is 1. The molecular formula is C16H13BrClNO. The van der Waals surface area contributed by atoms with Gasteiger partial charge in [0.1, 0.15) is 11.3 Å². The lowest BCUT2D eigenvalue weighted by Crippen LogP contribution is -2.05. The molecule has 3 aromatic rings. The average molecular weight is 351 g/mol. The summed E-state index contributed by atoms with van der Waals surface area (Å²) in [6, 6.07) is 15.8. The second-order valence-corrected chi connectivity index (χ2v) is 6.00. The van der Waals surface area contributed by atoms with Gasteiger partial charge in [-0.1, -0.05) is 39.7 Å². The number of rotatable bonds is 3. The van der Waals surface area contributed by atoms with Crippen molar-refractivity contribution < 1.29 is 4.42 Å². The molecule has 2 aromatic carbocycles. The quantitative estimate of drug-likeness (QED) is 0.624. The molecule has 0 aliphatic rings. The Kier molecular flexibility index (Phi) is 3.72. The smallest absolute Gasteiger partial charge is 0.134 e. The SMILES string of the molecule is CC(Nc1ccccc1Cl)c1cc2cc(Br)ccc2o1. The predicted molar refractivity (Wildman–Crippen MR) is 87.4 cm³/mol. The average Bonchev–Trinajstić information content (AvgIpc) is 2.84. The first-order chi connectivity index (χ1) is 9.63. The summed E-state index contributed by atoms with van der Waals surface area (Å²) < 4.78 is 6.92. The molecule has 1 N–H and O–H groups in total. The summed E-state index contributed by atoms with van der Waals surface area (Å²) >= 11 is 9.62. The number of anilines is 1. The van der Waals surface area contributed by atoms with Crippen LogP contribution in [0.3, 0.4) is 0 Å². The molecule has 0 radical (unpaired) electrons. The number of hydrogen-bond donors (Lipinski definition) is 1. The third-order valence-corrected chi connectivity index (χ3v) is 3.99. The molecule has 1 heterocycles. The summed E-state index contributed by atoms with van der Waals surface area (Å²) in [7, 11) is 0. The van der Waals surface area contributed by atoms with Crippen LogP contribution in [0.15, 0.2) is 57.4 Å². The minimum absolute atomic E-state index is 0.0427. The summed E-state index contributed by atoms with van der Waals surface area (Å²) in [5.41, 5.74) is 1.79. The van der Waals surface area contributed by atoms with Crippen molar-refractivity contribution in [3.63, 3.8) is 0 Å². The van der Waals surface area contributed by atoms with Gasteiger partial charge in [0.05, 0.1) is 16.8 Å². The Morgan fingerprint density at radius 3 is 2.75 bits per heavy atom. The van der Waals surface area contributed by atoms with Crippen LogP contribution in [-0.2, 0) is 0 Å². The second-order valence-electron chi connectivity index (χ2n) is 4.68. The topological polar surface area (TPSA) is 25.2 Å². The van der Waals surface area contributed by atoms with Gasteiger partial charge in [-0.05, 0) is 43.3 Å². The summed E-state index contributed by atoms with van der Waals surface area (Å²) in [5.74, 6) is 0.887. The molecule has 0 bridgehead atoms. The van der Waals surface area contributed by atoms with Crippen LogP contribution in [0, 0.1) is 0 Å². The van der Waals surface area contributed by atoms with E-state index in [2.05, 4.69) is 34.2 Å². The first kappa shape index (κ1) is 13.5. The standard InChI is InChI=1S/C16H13BrClNO/c1-10(19-14-5-3-2-4-13(14)18)16-9-11-8-12(17)6-7-15(11)20-16/h2-10,19H,1H3. The van der Waals surface area contributed by atoms with Crippen LogP contribution < -0.4 is 5.32 Å². The third-order valence-electron chi connectivity index (χ3n) is 3.17. The van der Waals surface area contributed by atoms with Crippen molar-refractivity contribution in [1.29, 1.82) is 0 Å². The molecule has 2 nitrogen and oxygen atoms in total. The molecule has 1 atom stereocenters. The van der Waals surface area contributed by atoms with Crippen LogP contribution in [0.2, 0.25) is 5.02 Å². The molecule has 0 saturated carbocycles. The highest BCUT2D eigenvalue weighted by atomic mass is 79.9. The number of fused-ring (bicyclic) bond motifs is 1. The lowest BCUT2D eigenvalue weighted by atomic mass is 10.2. The first-order valence-electron chi connectivity index (χ1n) is 6.33. The minimum Gasteiger partial charge on any atom is -0.459 e. The van der Waals surface area contributed by atoms with Gasteiger partial charge in [-0.25, -0.2) is 0 Å². The highest BCUT2D eigenvalue weighted by Crippen LogP contribution is 2.30. The molecule has 0 aliphatic carbocycles. The molecule has 0 amide bonds. The Balaban J connectivity index is 1.89. The molecule has 0 spiro atoms. The van der Waals surface area contributed by atoms with E-state index in [1.165, 1.54) is 0 Å². The summed E-state index contributed by atoms with van der Waals surface area (Å²) in [4.78, 5) is 0. The van der Waals surface area contributed by atoms with Crippen LogP contribution >= 0.6 is 27.5 Å². The van der Waals surface area contributed by atoms with Gasteiger partial charge in [0.15, 0.2) is 0 Å². The van der Waals surface area contributed by atoms with Gasteiger partial charge in [-0.15, -0.1) is 0 Å². The largest absolute Gasteiger partial charge is 0.459 e. The van der Waals surface area contributed by atoms with E-state index in [1.807, 2.05) is 42.5 Å². The lowest BCUT2D eigenvalue weighted by Gasteiger charge is -2.13. The van der Waals surface area contributed by atoms with Crippen molar-refractivity contribution in [1.82, 2.24) is 0 Å². The molecule has 0 aliphatic heterocycles. The molecule has 0 fully saturated rings.